The van der Waals surface area contributed by atoms with Gasteiger partial charge in [0.2, 0.25) is 17.6 Å². The van der Waals surface area contributed by atoms with Crippen LogP contribution in [0.25, 0.3) is 0 Å². The number of urea groups is 1. The fourth-order valence-corrected chi connectivity index (χ4v) is 7.30. The Kier molecular flexibility index (Phi) is 11.4. The van der Waals surface area contributed by atoms with E-state index in [4.69, 9.17) is 4.74 Å². The molecular formula is C36H57N5O7. The molecule has 1 heterocycles. The number of hydrogen-bond donors (Lipinski definition) is 4. The summed E-state index contributed by atoms with van der Waals surface area (Å²) in [4.78, 5) is 82.0. The standard InChI is InChI=1S/C36H57N5O7/c1-10-12-23(27(42)31(44)37-17-11-2)38-30(43)26-24-22(36(24,8)9)18-41(26)32(45)29(35(5,6)7)40-34(47)39-25(19(3)4)33(46)48-28(20-13-14-20)21-15-16-21/h11,19-26,28-29H,2,10,12-18H2,1,3-9H3,(H,37,44)(H,38,43)(H2,39,40,47)/t22-,23?,24-,25-,26-,29+/m0/s1. The van der Waals surface area contributed by atoms with Gasteiger partial charge in [0.15, 0.2) is 0 Å². The zero-order valence-corrected chi connectivity index (χ0v) is 30.0. The van der Waals surface area contributed by atoms with Gasteiger partial charge >= 0.3 is 12.0 Å². The first-order valence-electron chi connectivity index (χ1n) is 17.7. The maximum atomic E-state index is 14.3. The number of nitrogens with zero attached hydrogens (tertiary/aromatic N) is 1. The van der Waals surface area contributed by atoms with Crippen LogP contribution in [0.1, 0.15) is 93.9 Å². The van der Waals surface area contributed by atoms with Gasteiger partial charge in [-0.2, -0.15) is 0 Å². The number of ketones is 1. The van der Waals surface area contributed by atoms with Crippen LogP contribution >= 0.6 is 0 Å². The van der Waals surface area contributed by atoms with E-state index in [0.29, 0.717) is 24.8 Å². The van der Waals surface area contributed by atoms with E-state index in [9.17, 15) is 28.8 Å². The minimum Gasteiger partial charge on any atom is -0.460 e. The molecule has 4 fully saturated rings. The van der Waals surface area contributed by atoms with Gasteiger partial charge in [-0.05, 0) is 72.5 Å². The normalized spacial score (nSPS) is 24.5. The third kappa shape index (κ3) is 8.40. The Morgan fingerprint density at radius 2 is 1.58 bits per heavy atom. The number of carbonyl (C=O) groups excluding carboxylic acids is 6. The number of nitrogens with one attached hydrogen (secondary N) is 4. The number of fused-ring (bicyclic) bond motifs is 1. The second-order valence-corrected chi connectivity index (χ2v) is 16.3. The molecule has 0 bridgehead atoms. The molecule has 6 atom stereocenters. The number of rotatable bonds is 16. The van der Waals surface area contributed by atoms with Gasteiger partial charge in [-0.1, -0.05) is 67.9 Å². The molecule has 1 saturated heterocycles. The molecule has 0 aromatic heterocycles. The Morgan fingerprint density at radius 1 is 0.979 bits per heavy atom. The van der Waals surface area contributed by atoms with E-state index >= 15 is 0 Å². The Balaban J connectivity index is 1.48. The molecule has 0 aromatic rings. The minimum atomic E-state index is -1.04. The molecule has 3 aliphatic carbocycles. The van der Waals surface area contributed by atoms with Crippen molar-refractivity contribution in [2.24, 2.45) is 40.4 Å². The number of carbonyl (C=O) groups is 6. The van der Waals surface area contributed by atoms with Crippen molar-refractivity contribution in [2.75, 3.05) is 13.1 Å². The summed E-state index contributed by atoms with van der Waals surface area (Å²) in [6, 6.07) is -4.51. The van der Waals surface area contributed by atoms with E-state index in [1.54, 1.807) is 0 Å². The number of esters is 1. The van der Waals surface area contributed by atoms with Gasteiger partial charge in [0.05, 0.1) is 6.04 Å². The molecule has 0 radical (unpaired) electrons. The molecule has 12 nitrogen and oxygen atoms in total. The molecular weight excluding hydrogens is 614 g/mol. The lowest BCUT2D eigenvalue weighted by Crippen LogP contribution is -2.62. The number of hydrogen-bond acceptors (Lipinski definition) is 7. The Labute approximate surface area is 285 Å². The number of amides is 5. The second kappa shape index (κ2) is 14.6. The van der Waals surface area contributed by atoms with E-state index in [2.05, 4.69) is 41.7 Å². The maximum absolute atomic E-state index is 14.3. The Morgan fingerprint density at radius 3 is 2.08 bits per heavy atom. The third-order valence-electron chi connectivity index (χ3n) is 10.6. The molecule has 48 heavy (non-hydrogen) atoms. The molecule has 0 aromatic carbocycles. The van der Waals surface area contributed by atoms with Crippen molar-refractivity contribution in [2.45, 2.75) is 124 Å². The quantitative estimate of drug-likeness (QED) is 0.111. The topological polar surface area (TPSA) is 163 Å². The highest BCUT2D eigenvalue weighted by molar-refractivity contribution is 6.38. The minimum absolute atomic E-state index is 0.0637. The summed E-state index contributed by atoms with van der Waals surface area (Å²) in [7, 11) is 0. The van der Waals surface area contributed by atoms with Gasteiger partial charge in [-0.3, -0.25) is 19.2 Å². The summed E-state index contributed by atoms with van der Waals surface area (Å²) in [6.07, 6.45) is 6.39. The van der Waals surface area contributed by atoms with E-state index in [-0.39, 0.29) is 42.2 Å². The van der Waals surface area contributed by atoms with Crippen LogP contribution in [0.3, 0.4) is 0 Å². The van der Waals surface area contributed by atoms with Crippen LogP contribution in [0, 0.1) is 40.4 Å². The predicted molar refractivity (Wildman–Crippen MR) is 180 cm³/mol. The monoisotopic (exact) mass is 671 g/mol. The van der Waals surface area contributed by atoms with Gasteiger partial charge in [0.25, 0.3) is 5.91 Å². The van der Waals surface area contributed by atoms with Crippen LogP contribution in [0.4, 0.5) is 4.79 Å². The number of likely N-dealkylation sites (tertiary alicyclic amines) is 1. The summed E-state index contributed by atoms with van der Waals surface area (Å²) < 4.78 is 5.95. The van der Waals surface area contributed by atoms with Crippen LogP contribution in [0.15, 0.2) is 12.7 Å². The first kappa shape index (κ1) is 37.4. The van der Waals surface area contributed by atoms with Crippen molar-refractivity contribution >= 4 is 35.5 Å². The molecule has 3 saturated carbocycles. The van der Waals surface area contributed by atoms with Crippen molar-refractivity contribution in [1.82, 2.24) is 26.2 Å². The number of ether oxygens (including phenoxy) is 1. The average Bonchev–Trinajstić information content (AvgIpc) is 3.95. The van der Waals surface area contributed by atoms with Crippen molar-refractivity contribution in [3.8, 4) is 0 Å². The summed E-state index contributed by atoms with van der Waals surface area (Å²) in [5.41, 5.74) is -0.950. The molecule has 0 spiro atoms. The predicted octanol–water partition coefficient (Wildman–Crippen LogP) is 3.10. The molecule has 4 aliphatic rings. The highest BCUT2D eigenvalue weighted by atomic mass is 16.5. The smallest absolute Gasteiger partial charge is 0.329 e. The van der Waals surface area contributed by atoms with Crippen molar-refractivity contribution in [1.29, 1.82) is 0 Å². The Hall–Kier alpha value is -3.44. The van der Waals surface area contributed by atoms with Crippen LogP contribution in [-0.4, -0.2) is 83.8 Å². The summed E-state index contributed by atoms with van der Waals surface area (Å²) in [6.45, 7) is 19.1. The molecule has 5 amide bonds. The lowest BCUT2D eigenvalue weighted by Gasteiger charge is -2.38. The van der Waals surface area contributed by atoms with Crippen molar-refractivity contribution in [3.63, 3.8) is 0 Å². The molecule has 12 heteroatoms. The van der Waals surface area contributed by atoms with E-state index in [1.807, 2.05) is 41.5 Å². The van der Waals surface area contributed by atoms with Crippen LogP contribution < -0.4 is 21.3 Å². The van der Waals surface area contributed by atoms with Crippen LogP contribution in [-0.2, 0) is 28.7 Å². The maximum Gasteiger partial charge on any atom is 0.329 e. The third-order valence-corrected chi connectivity index (χ3v) is 10.6. The number of Topliss-reactive ketones (excluding diaryl/α,β-unsaturated/α-hetero) is 1. The summed E-state index contributed by atoms with van der Waals surface area (Å²) >= 11 is 0. The lowest BCUT2D eigenvalue weighted by molar-refractivity contribution is -0.155. The summed E-state index contributed by atoms with van der Waals surface area (Å²) in [5, 5.41) is 10.9. The number of piperidine rings is 1. The second-order valence-electron chi connectivity index (χ2n) is 16.3. The van der Waals surface area contributed by atoms with Gasteiger partial charge in [-0.15, -0.1) is 6.58 Å². The molecule has 4 rings (SSSR count). The van der Waals surface area contributed by atoms with E-state index < -0.39 is 65.1 Å². The lowest BCUT2D eigenvalue weighted by atomic mass is 9.85. The zero-order chi connectivity index (χ0) is 35.7. The largest absolute Gasteiger partial charge is 0.460 e. The Bertz CT molecular complexity index is 1270. The van der Waals surface area contributed by atoms with Gasteiger partial charge in [0.1, 0.15) is 24.2 Å². The average molecular weight is 672 g/mol. The first-order valence-corrected chi connectivity index (χ1v) is 17.7. The SMILES string of the molecule is C=CCNC(=O)C(=O)C(CCC)NC(=O)[C@@H]1[C@@H]2[C@H](CN1C(=O)[C@@H](NC(=O)N[C@H](C(=O)OC(C1CC1)C1CC1)C(C)C)C(C)(C)C)C2(C)C. The molecule has 268 valence electrons. The molecule has 1 aliphatic heterocycles. The fourth-order valence-electron chi connectivity index (χ4n) is 7.30. The van der Waals surface area contributed by atoms with Crippen molar-refractivity contribution in [3.05, 3.63) is 12.7 Å². The highest BCUT2D eigenvalue weighted by Crippen LogP contribution is 2.65. The zero-order valence-electron chi connectivity index (χ0n) is 30.0. The molecule has 1 unspecified atom stereocenters. The van der Waals surface area contributed by atoms with E-state index in [0.717, 1.165) is 25.7 Å². The first-order chi connectivity index (χ1) is 22.4. The van der Waals surface area contributed by atoms with Crippen LogP contribution in [0.2, 0.25) is 0 Å². The van der Waals surface area contributed by atoms with Gasteiger partial charge in [-0.25, -0.2) is 9.59 Å². The summed E-state index contributed by atoms with van der Waals surface area (Å²) in [5.74, 6) is -2.46. The van der Waals surface area contributed by atoms with E-state index in [1.165, 1.54) is 11.0 Å². The van der Waals surface area contributed by atoms with Crippen molar-refractivity contribution < 1.29 is 33.5 Å². The van der Waals surface area contributed by atoms with Crippen LogP contribution in [0.5, 0.6) is 0 Å². The molecule has 4 N–H and O–H groups in total. The van der Waals surface area contributed by atoms with Gasteiger partial charge in [0, 0.05) is 13.1 Å². The highest BCUT2D eigenvalue weighted by Gasteiger charge is 2.70. The fraction of sp³-hybridized carbons (Fsp3) is 0.778. The van der Waals surface area contributed by atoms with Gasteiger partial charge < -0.3 is 30.9 Å².